The van der Waals surface area contributed by atoms with Crippen molar-refractivity contribution in [2.24, 2.45) is 0 Å². The standard InChI is InChI=1S/C15H19ClFNO/c1-10-7-8-13(17)11(9-10)15(19)18-14-6-4-2-3-5-12(14)16/h7-9,12,14H,2-6H2,1H3,(H,18,19). The van der Waals surface area contributed by atoms with Gasteiger partial charge in [0.25, 0.3) is 5.91 Å². The van der Waals surface area contributed by atoms with E-state index in [4.69, 9.17) is 11.6 Å². The van der Waals surface area contributed by atoms with Gasteiger partial charge in [0.15, 0.2) is 0 Å². The van der Waals surface area contributed by atoms with Crippen LogP contribution in [0.15, 0.2) is 18.2 Å². The van der Waals surface area contributed by atoms with Crippen molar-refractivity contribution >= 4 is 17.5 Å². The topological polar surface area (TPSA) is 29.1 Å². The molecule has 0 aromatic heterocycles. The molecular weight excluding hydrogens is 265 g/mol. The summed E-state index contributed by atoms with van der Waals surface area (Å²) in [7, 11) is 0. The molecule has 19 heavy (non-hydrogen) atoms. The summed E-state index contributed by atoms with van der Waals surface area (Å²) in [6.45, 7) is 1.84. The second kappa shape index (κ2) is 6.38. The van der Waals surface area contributed by atoms with Gasteiger partial charge in [0.1, 0.15) is 5.82 Å². The maximum Gasteiger partial charge on any atom is 0.254 e. The summed E-state index contributed by atoms with van der Waals surface area (Å²) in [6, 6.07) is 4.50. The molecule has 1 N–H and O–H groups in total. The highest BCUT2D eigenvalue weighted by Gasteiger charge is 2.24. The number of rotatable bonds is 2. The maximum absolute atomic E-state index is 13.7. The Labute approximate surface area is 118 Å². The molecule has 1 amide bonds. The van der Waals surface area contributed by atoms with Crippen molar-refractivity contribution in [2.45, 2.75) is 50.4 Å². The number of hydrogen-bond donors (Lipinski definition) is 1. The first kappa shape index (κ1) is 14.3. The quantitative estimate of drug-likeness (QED) is 0.649. The molecule has 1 saturated carbocycles. The fourth-order valence-electron chi connectivity index (χ4n) is 2.48. The maximum atomic E-state index is 13.7. The van der Waals surface area contributed by atoms with Crippen molar-refractivity contribution < 1.29 is 9.18 Å². The molecule has 2 unspecified atom stereocenters. The molecule has 0 spiro atoms. The summed E-state index contributed by atoms with van der Waals surface area (Å²) in [5.41, 5.74) is 0.975. The van der Waals surface area contributed by atoms with Gasteiger partial charge in [0, 0.05) is 6.04 Å². The van der Waals surface area contributed by atoms with Crippen LogP contribution in [0, 0.1) is 12.7 Å². The third-order valence-corrected chi connectivity index (χ3v) is 4.14. The van der Waals surface area contributed by atoms with E-state index in [1.54, 1.807) is 12.1 Å². The number of carbonyl (C=O) groups excluding carboxylic acids is 1. The number of hydrogen-bond acceptors (Lipinski definition) is 1. The Balaban J connectivity index is 2.09. The van der Waals surface area contributed by atoms with Crippen LogP contribution in [0.1, 0.15) is 48.0 Å². The second-order valence-electron chi connectivity index (χ2n) is 5.22. The van der Waals surface area contributed by atoms with Crippen LogP contribution in [0.5, 0.6) is 0 Å². The first-order chi connectivity index (χ1) is 9.08. The van der Waals surface area contributed by atoms with E-state index in [2.05, 4.69) is 5.32 Å². The van der Waals surface area contributed by atoms with Crippen molar-refractivity contribution in [1.29, 1.82) is 0 Å². The van der Waals surface area contributed by atoms with Crippen LogP contribution < -0.4 is 5.32 Å². The summed E-state index contributed by atoms with van der Waals surface area (Å²) in [4.78, 5) is 12.1. The molecule has 1 aliphatic carbocycles. The number of aryl methyl sites for hydroxylation is 1. The Morgan fingerprint density at radius 1 is 1.32 bits per heavy atom. The Morgan fingerprint density at radius 3 is 2.84 bits per heavy atom. The molecule has 0 bridgehead atoms. The smallest absolute Gasteiger partial charge is 0.254 e. The monoisotopic (exact) mass is 283 g/mol. The first-order valence-corrected chi connectivity index (χ1v) is 7.22. The molecule has 0 aliphatic heterocycles. The summed E-state index contributed by atoms with van der Waals surface area (Å²) in [5.74, 6) is -0.846. The van der Waals surface area contributed by atoms with E-state index in [0.717, 1.165) is 37.7 Å². The van der Waals surface area contributed by atoms with E-state index >= 15 is 0 Å². The molecule has 1 aliphatic rings. The van der Waals surface area contributed by atoms with Crippen molar-refractivity contribution in [2.75, 3.05) is 0 Å². The predicted molar refractivity (Wildman–Crippen MR) is 75.1 cm³/mol. The summed E-state index contributed by atoms with van der Waals surface area (Å²) < 4.78 is 13.7. The number of alkyl halides is 1. The van der Waals surface area contributed by atoms with Gasteiger partial charge in [-0.15, -0.1) is 11.6 Å². The molecule has 2 rings (SSSR count). The highest BCUT2D eigenvalue weighted by molar-refractivity contribution is 6.21. The average Bonchev–Trinajstić information content (AvgIpc) is 2.58. The fraction of sp³-hybridized carbons (Fsp3) is 0.533. The third-order valence-electron chi connectivity index (χ3n) is 3.61. The third kappa shape index (κ3) is 3.69. The summed E-state index contributed by atoms with van der Waals surface area (Å²) in [5, 5.41) is 2.83. The molecule has 0 radical (unpaired) electrons. The van der Waals surface area contributed by atoms with Gasteiger partial charge in [-0.2, -0.15) is 0 Å². The lowest BCUT2D eigenvalue weighted by molar-refractivity contribution is 0.0930. The van der Waals surface area contributed by atoms with Gasteiger partial charge in [-0.05, 0) is 31.9 Å². The molecule has 0 heterocycles. The van der Waals surface area contributed by atoms with E-state index in [1.165, 1.54) is 6.07 Å². The second-order valence-corrected chi connectivity index (χ2v) is 5.78. The molecule has 4 heteroatoms. The Bertz CT molecular complexity index is 463. The number of amides is 1. The lowest BCUT2D eigenvalue weighted by atomic mass is 10.1. The Morgan fingerprint density at radius 2 is 2.05 bits per heavy atom. The highest BCUT2D eigenvalue weighted by atomic mass is 35.5. The molecule has 104 valence electrons. The van der Waals surface area contributed by atoms with Crippen molar-refractivity contribution in [1.82, 2.24) is 5.32 Å². The van der Waals surface area contributed by atoms with Gasteiger partial charge in [-0.1, -0.05) is 30.9 Å². The molecular formula is C15H19ClFNO. The molecule has 1 fully saturated rings. The SMILES string of the molecule is Cc1ccc(F)c(C(=O)NC2CCCCCC2Cl)c1. The number of benzene rings is 1. The van der Waals surface area contributed by atoms with Gasteiger partial charge < -0.3 is 5.32 Å². The van der Waals surface area contributed by atoms with Crippen LogP contribution in [-0.2, 0) is 0 Å². The zero-order valence-corrected chi connectivity index (χ0v) is 11.8. The van der Waals surface area contributed by atoms with Gasteiger partial charge in [-0.25, -0.2) is 4.39 Å². The van der Waals surface area contributed by atoms with E-state index in [9.17, 15) is 9.18 Å². The lowest BCUT2D eigenvalue weighted by Gasteiger charge is -2.21. The van der Waals surface area contributed by atoms with Crippen LogP contribution >= 0.6 is 11.6 Å². The average molecular weight is 284 g/mol. The van der Waals surface area contributed by atoms with E-state index in [1.807, 2.05) is 6.92 Å². The number of halogens is 2. The first-order valence-electron chi connectivity index (χ1n) is 6.79. The summed E-state index contributed by atoms with van der Waals surface area (Å²) >= 11 is 6.28. The van der Waals surface area contributed by atoms with Crippen LogP contribution in [0.2, 0.25) is 0 Å². The minimum Gasteiger partial charge on any atom is -0.348 e. The Hall–Kier alpha value is -1.09. The van der Waals surface area contributed by atoms with E-state index < -0.39 is 5.82 Å². The minimum atomic E-state index is -0.483. The predicted octanol–water partition coefficient (Wildman–Crippen LogP) is 3.80. The Kier molecular flexibility index (Phi) is 4.81. The molecule has 1 aromatic rings. The lowest BCUT2D eigenvalue weighted by Crippen LogP contribution is -2.40. The zero-order valence-electron chi connectivity index (χ0n) is 11.1. The van der Waals surface area contributed by atoms with Crippen LogP contribution in [-0.4, -0.2) is 17.3 Å². The van der Waals surface area contributed by atoms with Gasteiger partial charge in [0.05, 0.1) is 10.9 Å². The number of nitrogens with one attached hydrogen (secondary N) is 1. The molecule has 0 saturated heterocycles. The van der Waals surface area contributed by atoms with E-state index in [-0.39, 0.29) is 22.9 Å². The minimum absolute atomic E-state index is 0.0562. The van der Waals surface area contributed by atoms with Crippen LogP contribution in [0.3, 0.4) is 0 Å². The van der Waals surface area contributed by atoms with Crippen molar-refractivity contribution in [3.8, 4) is 0 Å². The van der Waals surface area contributed by atoms with Crippen LogP contribution in [0.25, 0.3) is 0 Å². The van der Waals surface area contributed by atoms with Gasteiger partial charge in [0.2, 0.25) is 0 Å². The van der Waals surface area contributed by atoms with Crippen LogP contribution in [0.4, 0.5) is 4.39 Å². The largest absolute Gasteiger partial charge is 0.348 e. The van der Waals surface area contributed by atoms with Gasteiger partial charge >= 0.3 is 0 Å². The fourth-order valence-corrected chi connectivity index (χ4v) is 2.83. The molecule has 2 nitrogen and oxygen atoms in total. The molecule has 1 aromatic carbocycles. The van der Waals surface area contributed by atoms with Crippen molar-refractivity contribution in [3.63, 3.8) is 0 Å². The van der Waals surface area contributed by atoms with Gasteiger partial charge in [-0.3, -0.25) is 4.79 Å². The van der Waals surface area contributed by atoms with Crippen molar-refractivity contribution in [3.05, 3.63) is 35.1 Å². The highest BCUT2D eigenvalue weighted by Crippen LogP contribution is 2.23. The normalized spacial score (nSPS) is 23.7. The number of carbonyl (C=O) groups is 1. The molecule has 2 atom stereocenters. The van der Waals surface area contributed by atoms with E-state index in [0.29, 0.717) is 0 Å². The summed E-state index contributed by atoms with van der Waals surface area (Å²) in [6.07, 6.45) is 5.08. The zero-order chi connectivity index (χ0) is 13.8.